The van der Waals surface area contributed by atoms with Gasteiger partial charge in [0.25, 0.3) is 0 Å². The summed E-state index contributed by atoms with van der Waals surface area (Å²) in [7, 11) is 1.91. The Kier molecular flexibility index (Phi) is 4.24. The molecule has 1 N–H and O–H groups in total. The minimum atomic E-state index is -0.473. The number of hydrogen-bond acceptors (Lipinski definition) is 2. The Morgan fingerprint density at radius 1 is 0.864 bits per heavy atom. The quantitative estimate of drug-likeness (QED) is 0.723. The lowest BCUT2D eigenvalue weighted by Crippen LogP contribution is -1.98. The second-order valence-electron chi connectivity index (χ2n) is 5.09. The monoisotopic (exact) mass is 295 g/mol. The molecule has 3 heteroatoms. The number of alkyl halides is 1. The van der Waals surface area contributed by atoms with Gasteiger partial charge in [0.05, 0.1) is 0 Å². The molecule has 0 atom stereocenters. The summed E-state index contributed by atoms with van der Waals surface area (Å²) in [6.45, 7) is -0.374. The summed E-state index contributed by atoms with van der Waals surface area (Å²) in [5.41, 5.74) is 3.45. The first kappa shape index (κ1) is 14.4. The zero-order chi connectivity index (χ0) is 15.4. The molecule has 0 aromatic heterocycles. The average molecular weight is 295 g/mol. The van der Waals surface area contributed by atoms with Gasteiger partial charge in [0.2, 0.25) is 0 Å². The van der Waals surface area contributed by atoms with Crippen molar-refractivity contribution in [2.24, 2.45) is 0 Å². The molecule has 0 fully saturated rings. The summed E-state index contributed by atoms with van der Waals surface area (Å²) in [5.74, 6) is 0.705. The molecule has 0 amide bonds. The lowest BCUT2D eigenvalue weighted by molar-refractivity contribution is 0.273. The van der Waals surface area contributed by atoms with E-state index in [1.54, 1.807) is 0 Å². The maximum Gasteiger partial charge on any atom is 0.123 e. The average Bonchev–Trinajstić information content (AvgIpc) is 2.59. The number of halogens is 1. The van der Waals surface area contributed by atoms with Crippen molar-refractivity contribution >= 4 is 16.5 Å². The van der Waals surface area contributed by atoms with Crippen LogP contribution in [0.5, 0.6) is 5.75 Å². The fourth-order valence-electron chi connectivity index (χ4n) is 2.48. The molecule has 22 heavy (non-hydrogen) atoms. The second-order valence-corrected chi connectivity index (χ2v) is 5.09. The van der Waals surface area contributed by atoms with Gasteiger partial charge in [-0.25, -0.2) is 4.39 Å². The van der Waals surface area contributed by atoms with E-state index in [4.69, 9.17) is 4.74 Å². The lowest BCUT2D eigenvalue weighted by Gasteiger charge is -2.08. The Balaban J connectivity index is 1.91. The van der Waals surface area contributed by atoms with Crippen molar-refractivity contribution in [1.29, 1.82) is 0 Å². The van der Waals surface area contributed by atoms with Crippen molar-refractivity contribution in [2.45, 2.75) is 0 Å². The van der Waals surface area contributed by atoms with Crippen molar-refractivity contribution < 1.29 is 9.13 Å². The van der Waals surface area contributed by atoms with Crippen LogP contribution in [0.25, 0.3) is 21.9 Å². The van der Waals surface area contributed by atoms with Crippen LogP contribution in [0.15, 0.2) is 60.7 Å². The van der Waals surface area contributed by atoms with Crippen LogP contribution in [0.2, 0.25) is 0 Å². The van der Waals surface area contributed by atoms with Crippen molar-refractivity contribution in [3.8, 4) is 16.9 Å². The summed E-state index contributed by atoms with van der Waals surface area (Å²) in [5, 5.41) is 5.35. The molecule has 0 aliphatic carbocycles. The Labute approximate surface area is 129 Å². The van der Waals surface area contributed by atoms with E-state index in [-0.39, 0.29) is 6.61 Å². The molecular formula is C19H18FNO. The zero-order valence-corrected chi connectivity index (χ0v) is 12.5. The minimum absolute atomic E-state index is 0.0986. The fourth-order valence-corrected chi connectivity index (χ4v) is 2.48. The fraction of sp³-hybridized carbons (Fsp3) is 0.158. The van der Waals surface area contributed by atoms with Gasteiger partial charge in [-0.05, 0) is 52.2 Å². The third-order valence-corrected chi connectivity index (χ3v) is 3.66. The number of anilines is 1. The van der Waals surface area contributed by atoms with Crippen LogP contribution in [-0.2, 0) is 0 Å². The largest absolute Gasteiger partial charge is 0.491 e. The second kappa shape index (κ2) is 6.48. The molecule has 0 heterocycles. The molecule has 0 radical (unpaired) electrons. The molecule has 3 aromatic rings. The number of fused-ring (bicyclic) bond motifs is 1. The van der Waals surface area contributed by atoms with Crippen molar-refractivity contribution in [1.82, 2.24) is 0 Å². The molecule has 0 spiro atoms. The van der Waals surface area contributed by atoms with Gasteiger partial charge >= 0.3 is 0 Å². The topological polar surface area (TPSA) is 21.3 Å². The molecule has 0 saturated heterocycles. The highest BCUT2D eigenvalue weighted by atomic mass is 19.1. The molecule has 0 aliphatic rings. The van der Waals surface area contributed by atoms with Gasteiger partial charge < -0.3 is 10.1 Å². The zero-order valence-electron chi connectivity index (χ0n) is 12.5. The molecule has 0 unspecified atom stereocenters. The normalized spacial score (nSPS) is 10.6. The molecule has 3 aromatic carbocycles. The van der Waals surface area contributed by atoms with E-state index in [0.717, 1.165) is 16.5 Å². The molecule has 2 nitrogen and oxygen atoms in total. The van der Waals surface area contributed by atoms with E-state index in [2.05, 4.69) is 47.8 Å². The summed E-state index contributed by atoms with van der Waals surface area (Å²) in [6.07, 6.45) is 0. The van der Waals surface area contributed by atoms with E-state index in [9.17, 15) is 4.39 Å². The van der Waals surface area contributed by atoms with Crippen LogP contribution in [0.3, 0.4) is 0 Å². The van der Waals surface area contributed by atoms with E-state index >= 15 is 0 Å². The van der Waals surface area contributed by atoms with Gasteiger partial charge in [-0.1, -0.05) is 30.3 Å². The number of nitrogens with one attached hydrogen (secondary N) is 1. The third kappa shape index (κ3) is 3.03. The number of hydrogen-bond donors (Lipinski definition) is 1. The summed E-state index contributed by atoms with van der Waals surface area (Å²) in [6, 6.07) is 20.5. The molecular weight excluding hydrogens is 277 g/mol. The van der Waals surface area contributed by atoms with Crippen LogP contribution >= 0.6 is 0 Å². The van der Waals surface area contributed by atoms with E-state index in [1.807, 2.05) is 25.2 Å². The van der Waals surface area contributed by atoms with E-state index in [1.165, 1.54) is 11.1 Å². The molecule has 112 valence electrons. The van der Waals surface area contributed by atoms with Crippen LogP contribution in [-0.4, -0.2) is 20.3 Å². The molecule has 3 rings (SSSR count). The SMILES string of the molecule is CNc1ccc(-c2ccc3cc(OCCF)ccc3c2)cc1. The van der Waals surface area contributed by atoms with Crippen molar-refractivity contribution in [3.05, 3.63) is 60.7 Å². The maximum absolute atomic E-state index is 12.2. The van der Waals surface area contributed by atoms with Gasteiger partial charge in [-0.2, -0.15) is 0 Å². The van der Waals surface area contributed by atoms with Gasteiger partial charge in [-0.3, -0.25) is 0 Å². The number of benzene rings is 3. The standard InChI is InChI=1S/C19H18FNO/c1-21-18-7-4-14(5-8-18)15-2-3-17-13-19(22-11-10-20)9-6-16(17)12-15/h2-9,12-13,21H,10-11H2,1H3. The first-order chi connectivity index (χ1) is 10.8. The van der Waals surface area contributed by atoms with Crippen molar-refractivity contribution in [3.63, 3.8) is 0 Å². The Hall–Kier alpha value is -2.55. The van der Waals surface area contributed by atoms with Crippen LogP contribution in [0, 0.1) is 0 Å². The van der Waals surface area contributed by atoms with Gasteiger partial charge in [-0.15, -0.1) is 0 Å². The first-order valence-corrected chi connectivity index (χ1v) is 7.31. The predicted molar refractivity (Wildman–Crippen MR) is 90.4 cm³/mol. The summed E-state index contributed by atoms with van der Waals surface area (Å²) in [4.78, 5) is 0. The minimum Gasteiger partial charge on any atom is -0.491 e. The van der Waals surface area contributed by atoms with Crippen LogP contribution in [0.4, 0.5) is 10.1 Å². The van der Waals surface area contributed by atoms with E-state index < -0.39 is 6.67 Å². The van der Waals surface area contributed by atoms with Gasteiger partial charge in [0, 0.05) is 12.7 Å². The third-order valence-electron chi connectivity index (χ3n) is 3.66. The lowest BCUT2D eigenvalue weighted by atomic mass is 10.0. The first-order valence-electron chi connectivity index (χ1n) is 7.31. The smallest absolute Gasteiger partial charge is 0.123 e. The molecule has 0 saturated carbocycles. The van der Waals surface area contributed by atoms with Crippen molar-refractivity contribution in [2.75, 3.05) is 25.6 Å². The highest BCUT2D eigenvalue weighted by Gasteiger charge is 2.02. The Morgan fingerprint density at radius 3 is 2.27 bits per heavy atom. The summed E-state index contributed by atoms with van der Waals surface area (Å²) >= 11 is 0. The number of rotatable bonds is 5. The Bertz CT molecular complexity index is 768. The van der Waals surface area contributed by atoms with Crippen LogP contribution in [0.1, 0.15) is 0 Å². The number of ether oxygens (including phenoxy) is 1. The van der Waals surface area contributed by atoms with E-state index in [0.29, 0.717) is 5.75 Å². The Morgan fingerprint density at radius 2 is 1.55 bits per heavy atom. The molecule has 0 bridgehead atoms. The molecule has 0 aliphatic heterocycles. The predicted octanol–water partition coefficient (Wildman–Crippen LogP) is 4.90. The highest BCUT2D eigenvalue weighted by molar-refractivity contribution is 5.88. The van der Waals surface area contributed by atoms with Gasteiger partial charge in [0.1, 0.15) is 19.0 Å². The van der Waals surface area contributed by atoms with Gasteiger partial charge in [0.15, 0.2) is 0 Å². The summed E-state index contributed by atoms with van der Waals surface area (Å²) < 4.78 is 17.5. The highest BCUT2D eigenvalue weighted by Crippen LogP contribution is 2.27. The maximum atomic E-state index is 12.2. The van der Waals surface area contributed by atoms with Crippen LogP contribution < -0.4 is 10.1 Å².